The van der Waals surface area contributed by atoms with Crippen molar-refractivity contribution in [3.8, 4) is 0 Å². The summed E-state index contributed by atoms with van der Waals surface area (Å²) in [6.07, 6.45) is 3.44. The zero-order valence-electron chi connectivity index (χ0n) is 12.0. The molecule has 2 heterocycles. The van der Waals surface area contributed by atoms with Gasteiger partial charge in [-0.2, -0.15) is 0 Å². The van der Waals surface area contributed by atoms with Crippen LogP contribution in [0.1, 0.15) is 32.6 Å². The third-order valence-corrected chi connectivity index (χ3v) is 4.76. The first-order valence-corrected chi connectivity index (χ1v) is 7.57. The number of carbonyl (C=O) groups is 2. The molecule has 20 heavy (non-hydrogen) atoms. The van der Waals surface area contributed by atoms with Gasteiger partial charge in [-0.3, -0.25) is 9.69 Å². The van der Waals surface area contributed by atoms with E-state index >= 15 is 0 Å². The first kappa shape index (κ1) is 13.8. The standard InChI is InChI=1S/C14H23N3O3/c1-10-2-4-14(5-3-10)12(18)17(13(19)16-14)9-11-8-15-6-7-20-11/h10-11,15H,2-9H2,1H3,(H,16,19). The minimum Gasteiger partial charge on any atom is -0.374 e. The molecule has 0 aromatic carbocycles. The number of carbonyl (C=O) groups excluding carboxylic acids is 2. The number of nitrogens with one attached hydrogen (secondary N) is 2. The zero-order valence-corrected chi connectivity index (χ0v) is 12.0. The summed E-state index contributed by atoms with van der Waals surface area (Å²) in [5.74, 6) is 0.592. The average Bonchev–Trinajstić information content (AvgIpc) is 2.68. The van der Waals surface area contributed by atoms with E-state index in [1.807, 2.05) is 0 Å². The van der Waals surface area contributed by atoms with E-state index in [0.29, 0.717) is 25.6 Å². The molecule has 3 amide bonds. The van der Waals surface area contributed by atoms with E-state index in [2.05, 4.69) is 17.6 Å². The molecule has 3 aliphatic rings. The van der Waals surface area contributed by atoms with Crippen LogP contribution in [0.15, 0.2) is 0 Å². The molecule has 2 saturated heterocycles. The maximum absolute atomic E-state index is 12.6. The molecule has 2 N–H and O–H groups in total. The van der Waals surface area contributed by atoms with Crippen LogP contribution in [0.5, 0.6) is 0 Å². The number of ether oxygens (including phenoxy) is 1. The van der Waals surface area contributed by atoms with Crippen molar-refractivity contribution >= 4 is 11.9 Å². The van der Waals surface area contributed by atoms with Gasteiger partial charge in [-0.05, 0) is 31.6 Å². The lowest BCUT2D eigenvalue weighted by Gasteiger charge is -2.34. The van der Waals surface area contributed by atoms with Gasteiger partial charge in [0.1, 0.15) is 5.54 Å². The van der Waals surface area contributed by atoms with Crippen LogP contribution >= 0.6 is 0 Å². The van der Waals surface area contributed by atoms with Gasteiger partial charge in [-0.25, -0.2) is 4.79 Å². The van der Waals surface area contributed by atoms with Gasteiger partial charge in [-0.15, -0.1) is 0 Å². The van der Waals surface area contributed by atoms with E-state index in [0.717, 1.165) is 32.2 Å². The van der Waals surface area contributed by atoms with Crippen LogP contribution in [0.3, 0.4) is 0 Å². The molecule has 0 aromatic rings. The molecule has 112 valence electrons. The van der Waals surface area contributed by atoms with E-state index in [1.165, 1.54) is 4.90 Å². The molecule has 6 nitrogen and oxygen atoms in total. The first-order chi connectivity index (χ1) is 9.61. The van der Waals surface area contributed by atoms with Crippen LogP contribution in [0.4, 0.5) is 4.79 Å². The number of morpholine rings is 1. The molecule has 3 fully saturated rings. The fourth-order valence-corrected chi connectivity index (χ4v) is 3.38. The topological polar surface area (TPSA) is 70.7 Å². The quantitative estimate of drug-likeness (QED) is 0.722. The first-order valence-electron chi connectivity index (χ1n) is 7.57. The highest BCUT2D eigenvalue weighted by Crippen LogP contribution is 2.36. The van der Waals surface area contributed by atoms with Crippen LogP contribution in [0.25, 0.3) is 0 Å². The minimum absolute atomic E-state index is 0.0522. The average molecular weight is 281 g/mol. The lowest BCUT2D eigenvalue weighted by Crippen LogP contribution is -2.50. The second-order valence-corrected chi connectivity index (χ2v) is 6.31. The van der Waals surface area contributed by atoms with Gasteiger partial charge in [0.15, 0.2) is 0 Å². The fourth-order valence-electron chi connectivity index (χ4n) is 3.38. The normalized spacial score (nSPS) is 38.4. The number of rotatable bonds is 2. The van der Waals surface area contributed by atoms with Gasteiger partial charge in [0.2, 0.25) is 0 Å². The molecule has 6 heteroatoms. The minimum atomic E-state index is -0.633. The maximum atomic E-state index is 12.6. The van der Waals surface area contributed by atoms with E-state index in [4.69, 9.17) is 4.74 Å². The smallest absolute Gasteiger partial charge is 0.325 e. The van der Waals surface area contributed by atoms with Crippen LogP contribution in [0.2, 0.25) is 0 Å². The molecule has 1 unspecified atom stereocenters. The Morgan fingerprint density at radius 2 is 2.10 bits per heavy atom. The van der Waals surface area contributed by atoms with E-state index in [-0.39, 0.29) is 18.0 Å². The van der Waals surface area contributed by atoms with Gasteiger partial charge >= 0.3 is 6.03 Å². The highest BCUT2D eigenvalue weighted by Gasteiger charge is 2.52. The summed E-state index contributed by atoms with van der Waals surface area (Å²) >= 11 is 0. The van der Waals surface area contributed by atoms with Crippen molar-refractivity contribution in [1.82, 2.24) is 15.5 Å². The van der Waals surface area contributed by atoms with Crippen molar-refractivity contribution < 1.29 is 14.3 Å². The molecule has 0 bridgehead atoms. The zero-order chi connectivity index (χ0) is 14.2. The summed E-state index contributed by atoms with van der Waals surface area (Å²) in [5.41, 5.74) is -0.633. The summed E-state index contributed by atoms with van der Waals surface area (Å²) in [4.78, 5) is 26.1. The lowest BCUT2D eigenvalue weighted by atomic mass is 9.77. The van der Waals surface area contributed by atoms with Crippen molar-refractivity contribution in [1.29, 1.82) is 0 Å². The second-order valence-electron chi connectivity index (χ2n) is 6.31. The summed E-state index contributed by atoms with van der Waals surface area (Å²) < 4.78 is 5.59. The van der Waals surface area contributed by atoms with Crippen LogP contribution < -0.4 is 10.6 Å². The molecule has 0 radical (unpaired) electrons. The Bertz CT molecular complexity index is 398. The Morgan fingerprint density at radius 1 is 1.35 bits per heavy atom. The Hall–Kier alpha value is -1.14. The summed E-state index contributed by atoms with van der Waals surface area (Å²) in [6.45, 7) is 4.72. The molecular formula is C14H23N3O3. The van der Waals surface area contributed by atoms with E-state index in [1.54, 1.807) is 0 Å². The summed E-state index contributed by atoms with van der Waals surface area (Å²) in [7, 11) is 0. The SMILES string of the molecule is CC1CCC2(CC1)NC(=O)N(CC1CNCCO1)C2=O. The number of imide groups is 1. The number of nitrogens with zero attached hydrogens (tertiary/aromatic N) is 1. The van der Waals surface area contributed by atoms with Gasteiger partial charge in [0.25, 0.3) is 5.91 Å². The predicted octanol–water partition coefficient (Wildman–Crippen LogP) is 0.476. The van der Waals surface area contributed by atoms with Gasteiger partial charge in [0, 0.05) is 13.1 Å². The molecular weight excluding hydrogens is 258 g/mol. The fraction of sp³-hybridized carbons (Fsp3) is 0.857. The molecule has 1 aliphatic carbocycles. The largest absolute Gasteiger partial charge is 0.374 e. The van der Waals surface area contributed by atoms with Crippen LogP contribution in [-0.4, -0.2) is 54.7 Å². The Balaban J connectivity index is 1.67. The Labute approximate surface area is 119 Å². The van der Waals surface area contributed by atoms with E-state index < -0.39 is 5.54 Å². The number of amides is 3. The van der Waals surface area contributed by atoms with Crippen molar-refractivity contribution in [2.24, 2.45) is 5.92 Å². The maximum Gasteiger partial charge on any atom is 0.325 e. The highest BCUT2D eigenvalue weighted by atomic mass is 16.5. The van der Waals surface area contributed by atoms with Gasteiger partial charge in [0.05, 0.1) is 19.3 Å². The molecule has 3 rings (SSSR count). The van der Waals surface area contributed by atoms with Crippen LogP contribution in [0, 0.1) is 5.92 Å². The second kappa shape index (κ2) is 5.33. The number of hydrogen-bond acceptors (Lipinski definition) is 4. The molecule has 0 aromatic heterocycles. The molecule has 1 atom stereocenters. The predicted molar refractivity (Wildman–Crippen MR) is 73.2 cm³/mol. The number of hydrogen-bond donors (Lipinski definition) is 2. The Morgan fingerprint density at radius 3 is 2.75 bits per heavy atom. The molecule has 1 saturated carbocycles. The highest BCUT2D eigenvalue weighted by molar-refractivity contribution is 6.07. The molecule has 1 spiro atoms. The van der Waals surface area contributed by atoms with Crippen molar-refractivity contribution in [3.05, 3.63) is 0 Å². The van der Waals surface area contributed by atoms with Crippen molar-refractivity contribution in [3.63, 3.8) is 0 Å². The Kier molecular flexibility index (Phi) is 3.69. The van der Waals surface area contributed by atoms with Gasteiger partial charge < -0.3 is 15.4 Å². The molecule has 2 aliphatic heterocycles. The van der Waals surface area contributed by atoms with Crippen molar-refractivity contribution in [2.45, 2.75) is 44.2 Å². The lowest BCUT2D eigenvalue weighted by molar-refractivity contribution is -0.134. The monoisotopic (exact) mass is 281 g/mol. The third kappa shape index (κ3) is 2.42. The summed E-state index contributed by atoms with van der Waals surface area (Å²) in [5, 5.41) is 6.16. The van der Waals surface area contributed by atoms with E-state index in [9.17, 15) is 9.59 Å². The van der Waals surface area contributed by atoms with Gasteiger partial charge in [-0.1, -0.05) is 6.92 Å². The summed E-state index contributed by atoms with van der Waals surface area (Å²) in [6, 6.07) is -0.251. The van der Waals surface area contributed by atoms with Crippen molar-refractivity contribution in [2.75, 3.05) is 26.2 Å². The third-order valence-electron chi connectivity index (χ3n) is 4.76. The van der Waals surface area contributed by atoms with Crippen LogP contribution in [-0.2, 0) is 9.53 Å². The number of urea groups is 1.